The van der Waals surface area contributed by atoms with Crippen LogP contribution in [-0.4, -0.2) is 58.4 Å². The van der Waals surface area contributed by atoms with E-state index in [0.29, 0.717) is 49.1 Å². The summed E-state index contributed by atoms with van der Waals surface area (Å²) < 4.78 is 10.8. The molecule has 2 heterocycles. The Kier molecular flexibility index (Phi) is 6.56. The molecule has 1 amide bonds. The Bertz CT molecular complexity index is 1090. The number of hydrogen-bond acceptors (Lipinski definition) is 6. The fourth-order valence-electron chi connectivity index (χ4n) is 3.65. The van der Waals surface area contributed by atoms with Crippen molar-refractivity contribution in [1.29, 1.82) is 0 Å². The summed E-state index contributed by atoms with van der Waals surface area (Å²) in [6.45, 7) is 2.60. The number of benzene rings is 2. The van der Waals surface area contributed by atoms with Crippen LogP contribution in [0.5, 0.6) is 5.75 Å². The summed E-state index contributed by atoms with van der Waals surface area (Å²) in [7, 11) is 5.63. The van der Waals surface area contributed by atoms with Crippen molar-refractivity contribution < 1.29 is 14.3 Å². The molecule has 1 N–H and O–H groups in total. The van der Waals surface area contributed by atoms with Gasteiger partial charge in [0.05, 0.1) is 31.6 Å². The van der Waals surface area contributed by atoms with Gasteiger partial charge < -0.3 is 24.6 Å². The van der Waals surface area contributed by atoms with Crippen molar-refractivity contribution in [3.05, 3.63) is 66.2 Å². The smallest absolute Gasteiger partial charge is 0.259 e. The van der Waals surface area contributed by atoms with Gasteiger partial charge in [-0.15, -0.1) is 0 Å². The van der Waals surface area contributed by atoms with E-state index in [9.17, 15) is 4.79 Å². The van der Waals surface area contributed by atoms with Gasteiger partial charge in [-0.1, -0.05) is 18.2 Å². The maximum atomic E-state index is 13.2. The number of carbonyl (C=O) groups excluding carboxylic acids is 1. The van der Waals surface area contributed by atoms with Crippen molar-refractivity contribution in [2.75, 3.05) is 62.6 Å². The first-order valence-corrected chi connectivity index (χ1v) is 10.6. The van der Waals surface area contributed by atoms with Crippen molar-refractivity contribution in [3.63, 3.8) is 0 Å². The normalized spacial score (nSPS) is 13.5. The number of aromatic nitrogens is 1. The zero-order chi connectivity index (χ0) is 22.5. The molecule has 0 atom stereocenters. The number of pyridine rings is 1. The number of anilines is 3. The second kappa shape index (κ2) is 9.70. The van der Waals surface area contributed by atoms with Crippen molar-refractivity contribution in [2.45, 2.75) is 0 Å². The predicted molar refractivity (Wildman–Crippen MR) is 128 cm³/mol. The largest absolute Gasteiger partial charge is 0.497 e. The molecule has 32 heavy (non-hydrogen) atoms. The molecule has 3 aromatic rings. The average molecular weight is 433 g/mol. The number of ether oxygens (including phenoxy) is 2. The number of morpholine rings is 1. The number of nitrogens with zero attached hydrogens (tertiary/aromatic N) is 3. The van der Waals surface area contributed by atoms with Gasteiger partial charge in [-0.25, -0.2) is 4.98 Å². The first kappa shape index (κ1) is 21.6. The molecule has 0 radical (unpaired) electrons. The molecule has 1 saturated heterocycles. The van der Waals surface area contributed by atoms with Crippen LogP contribution < -0.4 is 19.9 Å². The van der Waals surface area contributed by atoms with Gasteiger partial charge in [0, 0.05) is 50.2 Å². The minimum absolute atomic E-state index is 0.208. The van der Waals surface area contributed by atoms with Gasteiger partial charge in [0.1, 0.15) is 11.6 Å². The van der Waals surface area contributed by atoms with Crippen molar-refractivity contribution >= 4 is 23.1 Å². The van der Waals surface area contributed by atoms with Crippen LogP contribution in [0.4, 0.5) is 17.2 Å². The van der Waals surface area contributed by atoms with Gasteiger partial charge in [-0.05, 0) is 36.4 Å². The SMILES string of the molecule is COc1cccc(NC(=O)c2ccc(-c3cccc(N(C)C)c3)nc2N2CCOCC2)c1. The first-order valence-electron chi connectivity index (χ1n) is 10.6. The molecule has 1 fully saturated rings. The summed E-state index contributed by atoms with van der Waals surface area (Å²) in [5.41, 5.74) is 4.13. The lowest BCUT2D eigenvalue weighted by atomic mass is 10.1. The Balaban J connectivity index is 1.69. The van der Waals surface area contributed by atoms with Crippen LogP contribution in [0, 0.1) is 0 Å². The van der Waals surface area contributed by atoms with Crippen molar-refractivity contribution in [2.24, 2.45) is 0 Å². The fraction of sp³-hybridized carbons (Fsp3) is 0.280. The molecule has 1 aliphatic rings. The molecule has 0 saturated carbocycles. The number of amides is 1. The van der Waals surface area contributed by atoms with Crippen LogP contribution in [-0.2, 0) is 4.74 Å². The lowest BCUT2D eigenvalue weighted by Crippen LogP contribution is -2.38. The zero-order valence-corrected chi connectivity index (χ0v) is 18.7. The van der Waals surface area contributed by atoms with E-state index in [1.54, 1.807) is 13.2 Å². The summed E-state index contributed by atoms with van der Waals surface area (Å²) >= 11 is 0. The molecule has 1 aromatic heterocycles. The van der Waals surface area contributed by atoms with E-state index in [4.69, 9.17) is 14.5 Å². The van der Waals surface area contributed by atoms with Crippen molar-refractivity contribution in [3.8, 4) is 17.0 Å². The lowest BCUT2D eigenvalue weighted by molar-refractivity contribution is 0.102. The Morgan fingerprint density at radius 1 is 1.06 bits per heavy atom. The summed E-state index contributed by atoms with van der Waals surface area (Å²) in [4.78, 5) is 22.3. The number of hydrogen-bond donors (Lipinski definition) is 1. The van der Waals surface area contributed by atoms with Gasteiger partial charge in [-0.3, -0.25) is 4.79 Å². The highest BCUT2D eigenvalue weighted by molar-refractivity contribution is 6.08. The lowest BCUT2D eigenvalue weighted by Gasteiger charge is -2.29. The second-order valence-corrected chi connectivity index (χ2v) is 7.80. The molecule has 0 bridgehead atoms. The molecule has 4 rings (SSSR count). The maximum Gasteiger partial charge on any atom is 0.259 e. The summed E-state index contributed by atoms with van der Waals surface area (Å²) in [5.74, 6) is 1.15. The maximum absolute atomic E-state index is 13.2. The van der Waals surface area contributed by atoms with E-state index in [2.05, 4.69) is 27.2 Å². The predicted octanol–water partition coefficient (Wildman–Crippen LogP) is 3.91. The Morgan fingerprint density at radius 2 is 1.84 bits per heavy atom. The van der Waals surface area contributed by atoms with Crippen LogP contribution in [0.25, 0.3) is 11.3 Å². The zero-order valence-electron chi connectivity index (χ0n) is 18.7. The molecule has 1 aliphatic heterocycles. The van der Waals surface area contributed by atoms with E-state index >= 15 is 0 Å². The monoisotopic (exact) mass is 432 g/mol. The van der Waals surface area contributed by atoms with Gasteiger partial charge >= 0.3 is 0 Å². The molecule has 7 nitrogen and oxygen atoms in total. The van der Waals surface area contributed by atoms with Gasteiger partial charge in [-0.2, -0.15) is 0 Å². The van der Waals surface area contributed by atoms with E-state index in [-0.39, 0.29) is 5.91 Å². The minimum Gasteiger partial charge on any atom is -0.497 e. The first-order chi connectivity index (χ1) is 15.5. The third kappa shape index (κ3) is 4.84. The second-order valence-electron chi connectivity index (χ2n) is 7.80. The van der Waals surface area contributed by atoms with Gasteiger partial charge in [0.25, 0.3) is 5.91 Å². The number of carbonyl (C=O) groups is 1. The molecule has 166 valence electrons. The fourth-order valence-corrected chi connectivity index (χ4v) is 3.65. The summed E-state index contributed by atoms with van der Waals surface area (Å²) in [6, 6.07) is 19.3. The van der Waals surface area contributed by atoms with Crippen molar-refractivity contribution in [1.82, 2.24) is 4.98 Å². The molecule has 2 aromatic carbocycles. The average Bonchev–Trinajstić information content (AvgIpc) is 2.84. The van der Waals surface area contributed by atoms with Gasteiger partial charge in [0.15, 0.2) is 0 Å². The Labute approximate surface area is 188 Å². The molecule has 7 heteroatoms. The number of nitrogens with one attached hydrogen (secondary N) is 1. The van der Waals surface area contributed by atoms with Crippen LogP contribution in [0.15, 0.2) is 60.7 Å². The number of methoxy groups -OCH3 is 1. The summed E-state index contributed by atoms with van der Waals surface area (Å²) in [5, 5.41) is 2.97. The molecular weight excluding hydrogens is 404 g/mol. The molecule has 0 aliphatic carbocycles. The topological polar surface area (TPSA) is 66.9 Å². The Morgan fingerprint density at radius 3 is 2.59 bits per heavy atom. The van der Waals surface area contributed by atoms with E-state index in [0.717, 1.165) is 16.9 Å². The highest BCUT2D eigenvalue weighted by atomic mass is 16.5. The van der Waals surface area contributed by atoms with Crippen LogP contribution in [0.3, 0.4) is 0 Å². The molecule has 0 unspecified atom stereocenters. The highest BCUT2D eigenvalue weighted by Crippen LogP contribution is 2.28. The summed E-state index contributed by atoms with van der Waals surface area (Å²) in [6.07, 6.45) is 0. The highest BCUT2D eigenvalue weighted by Gasteiger charge is 2.22. The molecular formula is C25H28N4O3. The standard InChI is InChI=1S/C25H28N4O3/c1-28(2)20-8-4-6-18(16-20)23-11-10-22(24(27-23)29-12-14-32-15-13-29)25(30)26-19-7-5-9-21(17-19)31-3/h4-11,16-17H,12-15H2,1-3H3,(H,26,30). The Hall–Kier alpha value is -3.58. The molecule has 0 spiro atoms. The third-order valence-corrected chi connectivity index (χ3v) is 5.42. The van der Waals surface area contributed by atoms with Gasteiger partial charge in [0.2, 0.25) is 0 Å². The quantitative estimate of drug-likeness (QED) is 0.637. The number of rotatable bonds is 6. The van der Waals surface area contributed by atoms with Crippen LogP contribution in [0.2, 0.25) is 0 Å². The van der Waals surface area contributed by atoms with E-state index in [1.165, 1.54) is 0 Å². The third-order valence-electron chi connectivity index (χ3n) is 5.42. The minimum atomic E-state index is -0.208. The van der Waals surface area contributed by atoms with Crippen LogP contribution >= 0.6 is 0 Å². The van der Waals surface area contributed by atoms with E-state index in [1.807, 2.05) is 56.6 Å². The van der Waals surface area contributed by atoms with E-state index < -0.39 is 0 Å². The van der Waals surface area contributed by atoms with Crippen LogP contribution in [0.1, 0.15) is 10.4 Å².